The van der Waals surface area contributed by atoms with Gasteiger partial charge in [-0.15, -0.1) is 0 Å². The first-order valence-electron chi connectivity index (χ1n) is 18.6. The molecule has 11 rings (SSSR count). The van der Waals surface area contributed by atoms with Crippen LogP contribution in [0.3, 0.4) is 0 Å². The van der Waals surface area contributed by atoms with Gasteiger partial charge in [0.2, 0.25) is 0 Å². The third-order valence-electron chi connectivity index (χ3n) is 11.4. The molecule has 2 heterocycles. The first-order valence-corrected chi connectivity index (χ1v) is 18.6. The number of hydrogen-bond acceptors (Lipinski definition) is 2. The van der Waals surface area contributed by atoms with Crippen molar-refractivity contribution < 1.29 is 0 Å². The van der Waals surface area contributed by atoms with E-state index in [1.54, 1.807) is 0 Å². The summed E-state index contributed by atoms with van der Waals surface area (Å²) in [6.07, 6.45) is 0. The fraction of sp³-hybridized carbons (Fsp3) is 0.0192. The number of rotatable bonds is 4. The van der Waals surface area contributed by atoms with Gasteiger partial charge in [0.05, 0.1) is 28.2 Å². The van der Waals surface area contributed by atoms with Gasteiger partial charge in [-0.05, 0) is 110 Å². The molecule has 1 spiro atoms. The number of aromatic nitrogens is 1. The second kappa shape index (κ2) is 12.0. The van der Waals surface area contributed by atoms with Crippen LogP contribution in [0.5, 0.6) is 0 Å². The fourth-order valence-corrected chi connectivity index (χ4v) is 9.08. The van der Waals surface area contributed by atoms with Crippen molar-refractivity contribution >= 4 is 27.8 Å². The van der Waals surface area contributed by atoms with Crippen LogP contribution >= 0.6 is 0 Å². The highest BCUT2D eigenvalue weighted by Gasteiger charge is 2.52. The quantitative estimate of drug-likeness (QED) is 0.183. The predicted octanol–water partition coefficient (Wildman–Crippen LogP) is 13.4. The summed E-state index contributed by atoms with van der Waals surface area (Å²) in [5.41, 5.74) is 17.2. The van der Waals surface area contributed by atoms with Crippen LogP contribution in [0.15, 0.2) is 206 Å². The van der Waals surface area contributed by atoms with Crippen molar-refractivity contribution in [2.24, 2.45) is 0 Å². The normalized spacial score (nSPS) is 13.3. The van der Waals surface area contributed by atoms with Crippen LogP contribution in [0.4, 0.5) is 17.1 Å². The van der Waals surface area contributed by atoms with Crippen molar-refractivity contribution in [2.75, 3.05) is 4.90 Å². The lowest BCUT2D eigenvalue weighted by atomic mass is 9.64. The minimum absolute atomic E-state index is 0.555. The average Bonchev–Trinajstić information content (AvgIpc) is 3.52. The van der Waals surface area contributed by atoms with E-state index in [1.807, 2.05) is 0 Å². The van der Waals surface area contributed by atoms with Gasteiger partial charge in [0.25, 0.3) is 0 Å². The molecule has 9 aromatic rings. The topological polar surface area (TPSA) is 16.1 Å². The van der Waals surface area contributed by atoms with Crippen molar-refractivity contribution in [3.63, 3.8) is 0 Å². The Bertz CT molecular complexity index is 2770. The summed E-state index contributed by atoms with van der Waals surface area (Å²) >= 11 is 0. The van der Waals surface area contributed by atoms with E-state index < -0.39 is 5.41 Å². The van der Waals surface area contributed by atoms with Crippen LogP contribution < -0.4 is 4.90 Å². The Morgan fingerprint density at radius 3 is 1.44 bits per heavy atom. The van der Waals surface area contributed by atoms with E-state index in [4.69, 9.17) is 4.98 Å². The summed E-state index contributed by atoms with van der Waals surface area (Å²) < 4.78 is 0. The Kier molecular flexibility index (Phi) is 6.80. The maximum absolute atomic E-state index is 5.21. The maximum atomic E-state index is 5.21. The van der Waals surface area contributed by atoms with E-state index in [-0.39, 0.29) is 0 Å². The Labute approximate surface area is 315 Å². The molecule has 0 saturated heterocycles. The second-order valence-electron chi connectivity index (χ2n) is 14.3. The summed E-state index contributed by atoms with van der Waals surface area (Å²) in [7, 11) is 0. The zero-order valence-electron chi connectivity index (χ0n) is 29.5. The van der Waals surface area contributed by atoms with Gasteiger partial charge in [-0.2, -0.15) is 0 Å². The van der Waals surface area contributed by atoms with Crippen molar-refractivity contribution in [2.45, 2.75) is 5.41 Å². The van der Waals surface area contributed by atoms with E-state index in [0.29, 0.717) is 0 Å². The van der Waals surface area contributed by atoms with Crippen molar-refractivity contribution in [1.82, 2.24) is 4.98 Å². The molecular weight excluding hydrogens is 653 g/mol. The van der Waals surface area contributed by atoms with Gasteiger partial charge in [0.15, 0.2) is 0 Å². The molecule has 2 heteroatoms. The van der Waals surface area contributed by atoms with E-state index in [2.05, 4.69) is 211 Å². The standard InChI is InChI=1S/C52H34N2/c1-4-16-35(17-5-1)48-33-40(34-49(53-48)36-18-6-2-7-19-36)39-28-29-42-43-30-37-20-10-11-21-38(37)31-47(43)52(46(42)32-39)44-24-12-14-26-50(44)54(41-22-8-3-9-23-41)51-27-15-13-25-45(51)52/h1-34H. The first-order chi connectivity index (χ1) is 26.8. The third kappa shape index (κ3) is 4.50. The fourth-order valence-electron chi connectivity index (χ4n) is 9.08. The molecule has 1 aliphatic carbocycles. The van der Waals surface area contributed by atoms with Crippen LogP contribution in [0, 0.1) is 0 Å². The monoisotopic (exact) mass is 686 g/mol. The van der Waals surface area contributed by atoms with Gasteiger partial charge in [-0.3, -0.25) is 0 Å². The number of para-hydroxylation sites is 3. The smallest absolute Gasteiger partial charge is 0.0754 e. The minimum atomic E-state index is -0.555. The van der Waals surface area contributed by atoms with Crippen LogP contribution in [-0.4, -0.2) is 4.98 Å². The zero-order valence-corrected chi connectivity index (χ0v) is 29.5. The molecule has 1 aliphatic heterocycles. The molecule has 0 saturated carbocycles. The van der Waals surface area contributed by atoms with Gasteiger partial charge < -0.3 is 4.90 Å². The van der Waals surface area contributed by atoms with E-state index in [0.717, 1.165) is 33.8 Å². The van der Waals surface area contributed by atoms with Gasteiger partial charge in [0.1, 0.15) is 0 Å². The van der Waals surface area contributed by atoms with Crippen molar-refractivity contribution in [1.29, 1.82) is 0 Å². The second-order valence-corrected chi connectivity index (χ2v) is 14.3. The lowest BCUT2D eigenvalue weighted by molar-refractivity contribution is 0.754. The van der Waals surface area contributed by atoms with Gasteiger partial charge in [0, 0.05) is 16.8 Å². The molecule has 252 valence electrons. The summed E-state index contributed by atoms with van der Waals surface area (Å²) in [4.78, 5) is 7.65. The van der Waals surface area contributed by atoms with Crippen LogP contribution in [-0.2, 0) is 5.41 Å². The van der Waals surface area contributed by atoms with Gasteiger partial charge >= 0.3 is 0 Å². The molecule has 0 unspecified atom stereocenters. The molecule has 2 aliphatic rings. The molecular formula is C52H34N2. The molecule has 0 amide bonds. The third-order valence-corrected chi connectivity index (χ3v) is 11.4. The molecule has 2 nitrogen and oxygen atoms in total. The highest BCUT2D eigenvalue weighted by molar-refractivity contribution is 6.00. The summed E-state index contributed by atoms with van der Waals surface area (Å²) in [5, 5.41) is 2.50. The lowest BCUT2D eigenvalue weighted by Gasteiger charge is -2.45. The molecule has 0 N–H and O–H groups in total. The van der Waals surface area contributed by atoms with Gasteiger partial charge in [-0.25, -0.2) is 4.98 Å². The molecule has 54 heavy (non-hydrogen) atoms. The number of benzene rings is 8. The van der Waals surface area contributed by atoms with E-state index in [9.17, 15) is 0 Å². The largest absolute Gasteiger partial charge is 0.310 e. The Balaban J connectivity index is 1.22. The van der Waals surface area contributed by atoms with Crippen molar-refractivity contribution in [3.05, 3.63) is 229 Å². The molecule has 0 fully saturated rings. The number of anilines is 3. The SMILES string of the molecule is c1ccc(-c2cc(-c3ccc4c(c3)C3(c5cc6ccccc6cc5-4)c4ccccc4N(c4ccccc4)c4ccccc43)cc(-c3ccccc3)n2)cc1. The average molecular weight is 687 g/mol. The summed E-state index contributed by atoms with van der Waals surface area (Å²) in [6, 6.07) is 75.2. The Morgan fingerprint density at radius 1 is 0.333 bits per heavy atom. The van der Waals surface area contributed by atoms with Crippen LogP contribution in [0.1, 0.15) is 22.3 Å². The van der Waals surface area contributed by atoms with Crippen molar-refractivity contribution in [3.8, 4) is 44.8 Å². The highest BCUT2D eigenvalue weighted by atomic mass is 15.2. The van der Waals surface area contributed by atoms with E-state index >= 15 is 0 Å². The van der Waals surface area contributed by atoms with E-state index in [1.165, 1.54) is 61.1 Å². The molecule has 0 atom stereocenters. The molecule has 0 bridgehead atoms. The summed E-state index contributed by atoms with van der Waals surface area (Å²) in [5.74, 6) is 0. The number of fused-ring (bicyclic) bond motifs is 10. The Morgan fingerprint density at radius 2 is 0.833 bits per heavy atom. The maximum Gasteiger partial charge on any atom is 0.0754 e. The molecule has 0 radical (unpaired) electrons. The minimum Gasteiger partial charge on any atom is -0.310 e. The first kappa shape index (κ1) is 30.6. The highest BCUT2D eigenvalue weighted by Crippen LogP contribution is 2.64. The molecule has 8 aromatic carbocycles. The van der Waals surface area contributed by atoms with Crippen LogP contribution in [0.2, 0.25) is 0 Å². The zero-order chi connectivity index (χ0) is 35.6. The summed E-state index contributed by atoms with van der Waals surface area (Å²) in [6.45, 7) is 0. The van der Waals surface area contributed by atoms with Gasteiger partial charge in [-0.1, -0.05) is 152 Å². The molecule has 1 aromatic heterocycles. The number of nitrogens with zero attached hydrogens (tertiary/aromatic N) is 2. The predicted molar refractivity (Wildman–Crippen MR) is 224 cm³/mol. The lowest BCUT2D eigenvalue weighted by Crippen LogP contribution is -2.36. The number of hydrogen-bond donors (Lipinski definition) is 0. The van der Waals surface area contributed by atoms with Crippen LogP contribution in [0.25, 0.3) is 55.5 Å². The number of pyridine rings is 1. The Hall–Kier alpha value is -7.03.